The lowest BCUT2D eigenvalue weighted by molar-refractivity contribution is 0.673. The molecule has 0 aliphatic heterocycles. The number of nitrogens with one attached hydrogen (secondary N) is 1. The molecular weight excluding hydrogens is 312 g/mol. The second-order valence-corrected chi connectivity index (χ2v) is 5.45. The molecule has 0 aliphatic rings. The van der Waals surface area contributed by atoms with Crippen molar-refractivity contribution in [2.75, 3.05) is 11.2 Å². The zero-order valence-corrected chi connectivity index (χ0v) is 12.6. The van der Waals surface area contributed by atoms with Gasteiger partial charge in [0.05, 0.1) is 0 Å². The minimum absolute atomic E-state index is 0.375. The van der Waals surface area contributed by atoms with Crippen molar-refractivity contribution in [1.82, 2.24) is 4.98 Å². The van der Waals surface area contributed by atoms with Gasteiger partial charge in [-0.3, -0.25) is 0 Å². The number of pyridine rings is 1. The van der Waals surface area contributed by atoms with Crippen molar-refractivity contribution in [3.8, 4) is 0 Å². The molecule has 0 aliphatic carbocycles. The molecule has 1 aromatic carbocycles. The fraction of sp³-hybridized carbons (Fsp3) is 0.357. The zero-order valence-electron chi connectivity index (χ0n) is 10.3. The second kappa shape index (κ2) is 6.39. The molecule has 4 heteroatoms. The third-order valence-electron chi connectivity index (χ3n) is 3.04. The summed E-state index contributed by atoms with van der Waals surface area (Å²) in [6, 6.07) is 8.56. The van der Waals surface area contributed by atoms with E-state index in [4.69, 9.17) is 11.6 Å². The predicted molar refractivity (Wildman–Crippen MR) is 82.5 cm³/mol. The number of rotatable bonds is 5. The van der Waals surface area contributed by atoms with Crippen LogP contribution < -0.4 is 5.32 Å². The van der Waals surface area contributed by atoms with Gasteiger partial charge in [0, 0.05) is 33.4 Å². The van der Waals surface area contributed by atoms with Crippen LogP contribution in [0.4, 0.5) is 5.82 Å². The fourth-order valence-corrected chi connectivity index (χ4v) is 2.75. The Balaban J connectivity index is 2.36. The highest BCUT2D eigenvalue weighted by atomic mass is 79.9. The van der Waals surface area contributed by atoms with Crippen molar-refractivity contribution in [2.24, 2.45) is 0 Å². The number of benzene rings is 1. The quantitative estimate of drug-likeness (QED) is 0.797. The first-order valence-corrected chi connectivity index (χ1v) is 7.44. The highest BCUT2D eigenvalue weighted by Gasteiger charge is 2.09. The summed E-state index contributed by atoms with van der Waals surface area (Å²) in [5.41, 5.74) is 0. The van der Waals surface area contributed by atoms with Gasteiger partial charge in [-0.05, 0) is 25.0 Å². The Morgan fingerprint density at radius 2 is 2.17 bits per heavy atom. The van der Waals surface area contributed by atoms with Gasteiger partial charge < -0.3 is 5.32 Å². The molecule has 1 aromatic heterocycles. The van der Waals surface area contributed by atoms with E-state index in [-0.39, 0.29) is 0 Å². The Morgan fingerprint density at radius 1 is 1.33 bits per heavy atom. The maximum atomic E-state index is 5.82. The summed E-state index contributed by atoms with van der Waals surface area (Å²) in [4.78, 5) is 4.44. The maximum Gasteiger partial charge on any atom is 0.134 e. The molecule has 0 saturated heterocycles. The van der Waals surface area contributed by atoms with E-state index in [9.17, 15) is 0 Å². The lowest BCUT2D eigenvalue weighted by Gasteiger charge is -2.17. The highest BCUT2D eigenvalue weighted by molar-refractivity contribution is 9.10. The van der Waals surface area contributed by atoms with Crippen LogP contribution in [0.5, 0.6) is 0 Å². The molecule has 0 spiro atoms. The minimum atomic E-state index is 0.375. The molecule has 96 valence electrons. The van der Waals surface area contributed by atoms with Crippen LogP contribution >= 0.6 is 27.5 Å². The van der Waals surface area contributed by atoms with Crippen LogP contribution in [-0.4, -0.2) is 16.9 Å². The van der Waals surface area contributed by atoms with E-state index in [1.165, 1.54) is 5.39 Å². The van der Waals surface area contributed by atoms with Crippen molar-refractivity contribution in [3.05, 3.63) is 34.9 Å². The van der Waals surface area contributed by atoms with Gasteiger partial charge in [0.2, 0.25) is 0 Å². The number of fused-ring (bicyclic) bond motifs is 1. The molecule has 2 aromatic rings. The van der Waals surface area contributed by atoms with Crippen LogP contribution in [0.25, 0.3) is 10.8 Å². The third kappa shape index (κ3) is 2.96. The van der Waals surface area contributed by atoms with Crippen molar-refractivity contribution >= 4 is 44.1 Å². The van der Waals surface area contributed by atoms with Gasteiger partial charge in [-0.1, -0.05) is 35.0 Å². The van der Waals surface area contributed by atoms with Gasteiger partial charge in [-0.2, -0.15) is 0 Å². The van der Waals surface area contributed by atoms with E-state index < -0.39 is 0 Å². The van der Waals surface area contributed by atoms with Crippen LogP contribution in [0.1, 0.15) is 19.8 Å². The summed E-state index contributed by atoms with van der Waals surface area (Å²) in [7, 11) is 0. The normalized spacial score (nSPS) is 12.6. The largest absolute Gasteiger partial charge is 0.367 e. The smallest absolute Gasteiger partial charge is 0.134 e. The molecule has 0 saturated carbocycles. The standard InChI is InChI=1S/C14H16BrClN2/c1-2-10(6-8-16)18-14-12-4-3-5-13(15)11(12)7-9-17-14/h3-5,7,9-10H,2,6,8H2,1H3,(H,17,18). The molecule has 1 unspecified atom stereocenters. The third-order valence-corrected chi connectivity index (χ3v) is 3.95. The molecular formula is C14H16BrClN2. The molecule has 0 fully saturated rings. The van der Waals surface area contributed by atoms with Crippen LogP contribution in [0.3, 0.4) is 0 Å². The molecule has 1 N–H and O–H groups in total. The summed E-state index contributed by atoms with van der Waals surface area (Å²) in [5, 5.41) is 5.80. The lowest BCUT2D eigenvalue weighted by atomic mass is 10.1. The van der Waals surface area contributed by atoms with Gasteiger partial charge in [0.1, 0.15) is 5.82 Å². The van der Waals surface area contributed by atoms with Gasteiger partial charge in [0.15, 0.2) is 0 Å². The summed E-state index contributed by atoms with van der Waals surface area (Å²) < 4.78 is 1.09. The maximum absolute atomic E-state index is 5.82. The van der Waals surface area contributed by atoms with Crippen molar-refractivity contribution in [3.63, 3.8) is 0 Å². The summed E-state index contributed by atoms with van der Waals surface area (Å²) in [6.07, 6.45) is 3.83. The fourth-order valence-electron chi connectivity index (χ4n) is 1.99. The summed E-state index contributed by atoms with van der Waals surface area (Å²) in [5.74, 6) is 1.60. The monoisotopic (exact) mass is 326 g/mol. The number of hydrogen-bond donors (Lipinski definition) is 1. The van der Waals surface area contributed by atoms with E-state index in [0.717, 1.165) is 28.5 Å². The van der Waals surface area contributed by atoms with Gasteiger partial charge in [0.25, 0.3) is 0 Å². The number of anilines is 1. The Labute approximate surface area is 121 Å². The van der Waals surface area contributed by atoms with Gasteiger partial charge in [-0.25, -0.2) is 4.98 Å². The molecule has 0 amide bonds. The Kier molecular flexibility index (Phi) is 4.84. The number of hydrogen-bond acceptors (Lipinski definition) is 2. The molecule has 1 heterocycles. The van der Waals surface area contributed by atoms with Gasteiger partial charge in [-0.15, -0.1) is 11.6 Å². The average molecular weight is 328 g/mol. The van der Waals surface area contributed by atoms with E-state index in [1.807, 2.05) is 24.4 Å². The molecule has 2 nitrogen and oxygen atoms in total. The molecule has 1 atom stereocenters. The number of aromatic nitrogens is 1. The Morgan fingerprint density at radius 3 is 2.89 bits per heavy atom. The van der Waals surface area contributed by atoms with E-state index in [1.54, 1.807) is 0 Å². The van der Waals surface area contributed by atoms with Crippen LogP contribution in [-0.2, 0) is 0 Å². The predicted octanol–water partition coefficient (Wildman–Crippen LogP) is 4.82. The Bertz CT molecular complexity index is 530. The molecule has 0 radical (unpaired) electrons. The summed E-state index contributed by atoms with van der Waals surface area (Å²) in [6.45, 7) is 2.16. The van der Waals surface area contributed by atoms with E-state index >= 15 is 0 Å². The number of nitrogens with zero attached hydrogens (tertiary/aromatic N) is 1. The molecule has 0 bridgehead atoms. The topological polar surface area (TPSA) is 24.9 Å². The second-order valence-electron chi connectivity index (χ2n) is 4.22. The first-order chi connectivity index (χ1) is 8.76. The van der Waals surface area contributed by atoms with Gasteiger partial charge >= 0.3 is 0 Å². The highest BCUT2D eigenvalue weighted by Crippen LogP contribution is 2.28. The first-order valence-electron chi connectivity index (χ1n) is 6.12. The Hall–Kier alpha value is -0.800. The summed E-state index contributed by atoms with van der Waals surface area (Å²) >= 11 is 9.39. The SMILES string of the molecule is CCC(CCCl)Nc1nccc2c(Br)cccc12. The molecule has 18 heavy (non-hydrogen) atoms. The van der Waals surface area contributed by atoms with Crippen LogP contribution in [0.15, 0.2) is 34.9 Å². The number of halogens is 2. The lowest BCUT2D eigenvalue weighted by Crippen LogP contribution is -2.19. The van der Waals surface area contributed by atoms with Crippen molar-refractivity contribution < 1.29 is 0 Å². The van der Waals surface area contributed by atoms with Crippen LogP contribution in [0.2, 0.25) is 0 Å². The van der Waals surface area contributed by atoms with E-state index in [2.05, 4.69) is 39.2 Å². The van der Waals surface area contributed by atoms with Crippen molar-refractivity contribution in [2.45, 2.75) is 25.8 Å². The van der Waals surface area contributed by atoms with Crippen LogP contribution in [0, 0.1) is 0 Å². The minimum Gasteiger partial charge on any atom is -0.367 e. The average Bonchev–Trinajstić information content (AvgIpc) is 2.39. The van der Waals surface area contributed by atoms with E-state index in [0.29, 0.717) is 11.9 Å². The molecule has 2 rings (SSSR count). The first kappa shape index (κ1) is 13.6. The zero-order chi connectivity index (χ0) is 13.0. The van der Waals surface area contributed by atoms with Crippen molar-refractivity contribution in [1.29, 1.82) is 0 Å². The number of alkyl halides is 1.